The lowest BCUT2D eigenvalue weighted by Crippen LogP contribution is -2.49. The van der Waals surface area contributed by atoms with Crippen molar-refractivity contribution in [2.45, 2.75) is 19.4 Å². The van der Waals surface area contributed by atoms with Crippen LogP contribution in [-0.2, 0) is 11.2 Å². The topological polar surface area (TPSA) is 60.9 Å². The molecule has 0 spiro atoms. The van der Waals surface area contributed by atoms with Gasteiger partial charge in [-0.2, -0.15) is 0 Å². The largest absolute Gasteiger partial charge is 0.479 e. The third kappa shape index (κ3) is 2.91. The van der Waals surface area contributed by atoms with Crippen molar-refractivity contribution in [3.8, 4) is 0 Å². The SMILES string of the molecule is C=CCN(CC)C(=O)N1CCc2ccccc2C1C(=O)O. The Bertz CT molecular complexity index is 556. The summed E-state index contributed by atoms with van der Waals surface area (Å²) >= 11 is 0. The second-order valence-corrected chi connectivity index (χ2v) is 4.99. The molecule has 0 radical (unpaired) electrons. The van der Waals surface area contributed by atoms with E-state index in [1.54, 1.807) is 17.0 Å². The van der Waals surface area contributed by atoms with Crippen molar-refractivity contribution in [3.63, 3.8) is 0 Å². The van der Waals surface area contributed by atoms with E-state index in [2.05, 4.69) is 6.58 Å². The highest BCUT2D eigenvalue weighted by atomic mass is 16.4. The number of carbonyl (C=O) groups is 2. The number of aliphatic carboxylic acids is 1. The maximum absolute atomic E-state index is 12.6. The molecule has 2 amide bonds. The molecule has 0 aliphatic carbocycles. The number of rotatable bonds is 4. The molecule has 1 atom stereocenters. The summed E-state index contributed by atoms with van der Waals surface area (Å²) in [5.74, 6) is -0.995. The van der Waals surface area contributed by atoms with Crippen LogP contribution in [0.25, 0.3) is 0 Å². The van der Waals surface area contributed by atoms with Gasteiger partial charge in [0.15, 0.2) is 6.04 Å². The lowest BCUT2D eigenvalue weighted by Gasteiger charge is -2.37. The lowest BCUT2D eigenvalue weighted by atomic mass is 9.93. The quantitative estimate of drug-likeness (QED) is 0.865. The van der Waals surface area contributed by atoms with E-state index >= 15 is 0 Å². The molecular formula is C16H20N2O3. The number of carbonyl (C=O) groups excluding carboxylic acids is 1. The van der Waals surface area contributed by atoms with Crippen molar-refractivity contribution in [2.75, 3.05) is 19.6 Å². The molecule has 112 valence electrons. The number of benzene rings is 1. The lowest BCUT2D eigenvalue weighted by molar-refractivity contribution is -0.143. The van der Waals surface area contributed by atoms with Gasteiger partial charge in [-0.1, -0.05) is 30.3 Å². The van der Waals surface area contributed by atoms with Crippen LogP contribution >= 0.6 is 0 Å². The van der Waals surface area contributed by atoms with Crippen LogP contribution in [0.4, 0.5) is 4.79 Å². The van der Waals surface area contributed by atoms with Crippen molar-refractivity contribution in [3.05, 3.63) is 48.0 Å². The average molecular weight is 288 g/mol. The van der Waals surface area contributed by atoms with E-state index in [9.17, 15) is 14.7 Å². The van der Waals surface area contributed by atoms with Crippen molar-refractivity contribution in [2.24, 2.45) is 0 Å². The van der Waals surface area contributed by atoms with E-state index in [0.29, 0.717) is 31.6 Å². The molecule has 5 heteroatoms. The van der Waals surface area contributed by atoms with Crippen LogP contribution in [0, 0.1) is 0 Å². The first-order valence-electron chi connectivity index (χ1n) is 7.07. The van der Waals surface area contributed by atoms with Crippen LogP contribution in [0.2, 0.25) is 0 Å². The first-order valence-corrected chi connectivity index (χ1v) is 7.07. The number of nitrogens with zero attached hydrogens (tertiary/aromatic N) is 2. The van der Waals surface area contributed by atoms with E-state index in [4.69, 9.17) is 0 Å². The van der Waals surface area contributed by atoms with Gasteiger partial charge in [0.2, 0.25) is 0 Å². The van der Waals surface area contributed by atoms with E-state index < -0.39 is 12.0 Å². The summed E-state index contributed by atoms with van der Waals surface area (Å²) in [6, 6.07) is 6.25. The zero-order valence-electron chi connectivity index (χ0n) is 12.2. The van der Waals surface area contributed by atoms with Crippen LogP contribution < -0.4 is 0 Å². The second-order valence-electron chi connectivity index (χ2n) is 4.99. The Hall–Kier alpha value is -2.30. The first kappa shape index (κ1) is 15.1. The minimum Gasteiger partial charge on any atom is -0.479 e. The minimum absolute atomic E-state index is 0.251. The highest BCUT2D eigenvalue weighted by Gasteiger charge is 2.37. The summed E-state index contributed by atoms with van der Waals surface area (Å²) in [5, 5.41) is 9.56. The Kier molecular flexibility index (Phi) is 4.62. The zero-order chi connectivity index (χ0) is 15.4. The molecule has 0 fully saturated rings. The first-order chi connectivity index (χ1) is 10.1. The second kappa shape index (κ2) is 6.43. The van der Waals surface area contributed by atoms with E-state index in [0.717, 1.165) is 5.56 Å². The Morgan fingerprint density at radius 3 is 2.81 bits per heavy atom. The van der Waals surface area contributed by atoms with Crippen LogP contribution in [-0.4, -0.2) is 46.5 Å². The number of carboxylic acids is 1. The van der Waals surface area contributed by atoms with E-state index in [-0.39, 0.29) is 6.03 Å². The third-order valence-corrected chi connectivity index (χ3v) is 3.76. The monoisotopic (exact) mass is 288 g/mol. The van der Waals surface area contributed by atoms with Gasteiger partial charge >= 0.3 is 12.0 Å². The minimum atomic E-state index is -0.995. The van der Waals surface area contributed by atoms with Gasteiger partial charge in [0.25, 0.3) is 0 Å². The fourth-order valence-electron chi connectivity index (χ4n) is 2.72. The normalized spacial score (nSPS) is 17.0. The van der Waals surface area contributed by atoms with Crippen LogP contribution in [0.3, 0.4) is 0 Å². The van der Waals surface area contributed by atoms with E-state index in [1.165, 1.54) is 4.90 Å². The van der Waals surface area contributed by atoms with Gasteiger partial charge in [-0.15, -0.1) is 6.58 Å². The predicted molar refractivity (Wildman–Crippen MR) is 80.1 cm³/mol. The molecule has 1 heterocycles. The molecule has 0 saturated heterocycles. The standard InChI is InChI=1S/C16H20N2O3/c1-3-10-17(4-2)16(21)18-11-9-12-7-5-6-8-13(12)14(18)15(19)20/h3,5-8,14H,1,4,9-11H2,2H3,(H,19,20). The molecule has 1 aliphatic rings. The Morgan fingerprint density at radius 1 is 1.48 bits per heavy atom. The van der Waals surface area contributed by atoms with Crippen molar-refractivity contribution in [1.82, 2.24) is 9.80 Å². The van der Waals surface area contributed by atoms with Crippen molar-refractivity contribution in [1.29, 1.82) is 0 Å². The van der Waals surface area contributed by atoms with Crippen molar-refractivity contribution < 1.29 is 14.7 Å². The molecule has 1 N–H and O–H groups in total. The third-order valence-electron chi connectivity index (χ3n) is 3.76. The van der Waals surface area contributed by atoms with Gasteiger partial charge in [0.1, 0.15) is 0 Å². The number of amides is 2. The van der Waals surface area contributed by atoms with Crippen LogP contribution in [0.15, 0.2) is 36.9 Å². The Morgan fingerprint density at radius 2 is 2.19 bits per heavy atom. The van der Waals surface area contributed by atoms with Crippen molar-refractivity contribution >= 4 is 12.0 Å². The highest BCUT2D eigenvalue weighted by Crippen LogP contribution is 2.30. The van der Waals surface area contributed by atoms with Gasteiger partial charge in [0.05, 0.1) is 0 Å². The van der Waals surface area contributed by atoms with E-state index in [1.807, 2.05) is 25.1 Å². The van der Waals surface area contributed by atoms with Gasteiger partial charge in [-0.05, 0) is 24.5 Å². The maximum Gasteiger partial charge on any atom is 0.331 e. The smallest absolute Gasteiger partial charge is 0.331 e. The summed E-state index contributed by atoms with van der Waals surface area (Å²) in [4.78, 5) is 27.3. The maximum atomic E-state index is 12.6. The summed E-state index contributed by atoms with van der Waals surface area (Å²) in [7, 11) is 0. The predicted octanol–water partition coefficient (Wildman–Crippen LogP) is 2.30. The number of fused-ring (bicyclic) bond motifs is 1. The van der Waals surface area contributed by atoms with Gasteiger partial charge in [-0.25, -0.2) is 9.59 Å². The summed E-state index contributed by atoms with van der Waals surface area (Å²) < 4.78 is 0. The van der Waals surface area contributed by atoms with Crippen LogP contribution in [0.5, 0.6) is 0 Å². The molecule has 0 bridgehead atoms. The molecule has 1 unspecified atom stereocenters. The van der Waals surface area contributed by atoms with Gasteiger partial charge < -0.3 is 14.9 Å². The summed E-state index contributed by atoms with van der Waals surface area (Å²) in [6.45, 7) is 6.86. The van der Waals surface area contributed by atoms with Gasteiger partial charge in [0, 0.05) is 19.6 Å². The fraction of sp³-hybridized carbons (Fsp3) is 0.375. The molecule has 1 aromatic rings. The molecule has 2 rings (SSSR count). The van der Waals surface area contributed by atoms with Gasteiger partial charge in [-0.3, -0.25) is 0 Å². The molecule has 1 aliphatic heterocycles. The number of hydrogen-bond acceptors (Lipinski definition) is 2. The molecule has 1 aromatic carbocycles. The molecule has 21 heavy (non-hydrogen) atoms. The summed E-state index contributed by atoms with van der Waals surface area (Å²) in [6.07, 6.45) is 2.33. The average Bonchev–Trinajstić information content (AvgIpc) is 2.50. The molecule has 0 saturated carbocycles. The number of urea groups is 1. The Balaban J connectivity index is 2.34. The molecule has 5 nitrogen and oxygen atoms in total. The number of carboxylic acid groups (broad SMARTS) is 1. The Labute approximate surface area is 124 Å². The number of hydrogen-bond donors (Lipinski definition) is 1. The molecular weight excluding hydrogens is 268 g/mol. The highest BCUT2D eigenvalue weighted by molar-refractivity contribution is 5.85. The van der Waals surface area contributed by atoms with Crippen LogP contribution in [0.1, 0.15) is 24.1 Å². The summed E-state index contributed by atoms with van der Waals surface area (Å²) in [5.41, 5.74) is 1.71. The molecule has 0 aromatic heterocycles. The fourth-order valence-corrected chi connectivity index (χ4v) is 2.72. The zero-order valence-corrected chi connectivity index (χ0v) is 12.2. The number of likely N-dealkylation sites (N-methyl/N-ethyl adjacent to an activating group) is 1.